The van der Waals surface area contributed by atoms with Crippen LogP contribution < -0.4 is 20.7 Å². The van der Waals surface area contributed by atoms with Crippen molar-refractivity contribution in [3.63, 3.8) is 0 Å². The second-order valence-corrected chi connectivity index (χ2v) is 4.94. The third-order valence-electron chi connectivity index (χ3n) is 2.98. The molecule has 0 saturated carbocycles. The first-order valence-corrected chi connectivity index (χ1v) is 7.87. The van der Waals surface area contributed by atoms with Crippen LogP contribution in [0, 0.1) is 11.7 Å². The average molecular weight is 370 g/mol. The second-order valence-electron chi connectivity index (χ2n) is 4.94. The van der Waals surface area contributed by atoms with E-state index in [4.69, 9.17) is 22.9 Å². The molecule has 0 aliphatic rings. The maximum absolute atomic E-state index is 11.9. The Kier molecular flexibility index (Phi) is 10.6. The molecule has 27 heavy (non-hydrogen) atoms. The Balaban J connectivity index is 2.56. The molecule has 3 N–H and O–H groups in total. The van der Waals surface area contributed by atoms with Crippen molar-refractivity contribution in [1.82, 2.24) is 16.0 Å². The van der Waals surface area contributed by atoms with E-state index in [0.717, 1.165) is 0 Å². The molecule has 1 rings (SSSR count). The van der Waals surface area contributed by atoms with Crippen molar-refractivity contribution in [2.24, 2.45) is 5.11 Å². The first-order chi connectivity index (χ1) is 13.1. The quantitative estimate of drug-likeness (QED) is 0.124. The molecule has 0 bridgehead atoms. The van der Waals surface area contributed by atoms with E-state index >= 15 is 0 Å². The van der Waals surface area contributed by atoms with E-state index in [2.05, 4.69) is 37.7 Å². The fourth-order valence-electron chi connectivity index (χ4n) is 1.75. The van der Waals surface area contributed by atoms with E-state index in [0.29, 0.717) is 18.0 Å². The Morgan fingerprint density at radius 3 is 2.93 bits per heavy atom. The number of benzene rings is 1. The molecular weight excluding hydrogens is 351 g/mol. The van der Waals surface area contributed by atoms with Crippen molar-refractivity contribution < 1.29 is 19.1 Å². The average Bonchev–Trinajstić information content (AvgIpc) is 2.68. The van der Waals surface area contributed by atoms with Crippen LogP contribution in [0.5, 0.6) is 5.75 Å². The molecule has 1 aromatic rings. The highest BCUT2D eigenvalue weighted by atomic mass is 16.5. The Hall–Kier alpha value is -3.19. The summed E-state index contributed by atoms with van der Waals surface area (Å²) in [6, 6.07) is 6.46. The maximum atomic E-state index is 11.9. The zero-order chi connectivity index (χ0) is 19.9. The van der Waals surface area contributed by atoms with Gasteiger partial charge in [0.1, 0.15) is 19.0 Å². The van der Waals surface area contributed by atoms with Gasteiger partial charge in [-0.15, -0.1) is 0 Å². The van der Waals surface area contributed by atoms with Crippen LogP contribution in [0.15, 0.2) is 29.4 Å². The Bertz CT molecular complexity index is 742. The van der Waals surface area contributed by atoms with Crippen LogP contribution in [0.1, 0.15) is 10.4 Å². The summed E-state index contributed by atoms with van der Waals surface area (Å²) in [6.45, 7) is -0.0628. The van der Waals surface area contributed by atoms with Crippen LogP contribution in [0.2, 0.25) is 0 Å². The summed E-state index contributed by atoms with van der Waals surface area (Å²) in [5.41, 5.74) is 9.01. The Morgan fingerprint density at radius 1 is 1.41 bits per heavy atom. The fourth-order valence-corrected chi connectivity index (χ4v) is 1.75. The lowest BCUT2D eigenvalue weighted by molar-refractivity contribution is -0.127. The van der Waals surface area contributed by atoms with Crippen molar-refractivity contribution in [2.75, 3.05) is 33.5 Å². The molecule has 0 fully saturated rings. The van der Waals surface area contributed by atoms with Crippen LogP contribution in [0.25, 0.3) is 10.4 Å². The number of hydrogen-bond donors (Lipinski definition) is 3. The summed E-state index contributed by atoms with van der Waals surface area (Å²) in [4.78, 5) is 26.1. The van der Waals surface area contributed by atoms with Crippen molar-refractivity contribution in [3.8, 4) is 17.5 Å². The zero-order valence-electron chi connectivity index (χ0n) is 14.8. The lowest BCUT2D eigenvalue weighted by atomic mass is 10.2. The first-order valence-electron chi connectivity index (χ1n) is 7.87. The summed E-state index contributed by atoms with van der Waals surface area (Å²) in [7, 11) is 6.69. The molecule has 140 valence electrons. The van der Waals surface area contributed by atoms with Gasteiger partial charge in [-0.2, -0.15) is 5.82 Å². The lowest BCUT2D eigenvalue weighted by Crippen LogP contribution is -2.32. The van der Waals surface area contributed by atoms with Gasteiger partial charge in [-0.3, -0.25) is 9.59 Å². The number of nitrogens with zero attached hydrogens (tertiary/aromatic N) is 3. The molecule has 0 aliphatic carbocycles. The van der Waals surface area contributed by atoms with Crippen LogP contribution in [0.3, 0.4) is 0 Å². The lowest BCUT2D eigenvalue weighted by Gasteiger charge is -2.14. The van der Waals surface area contributed by atoms with Gasteiger partial charge in [-0.05, 0) is 30.8 Å². The Morgan fingerprint density at radius 2 is 2.22 bits per heavy atom. The number of nitrogens with one attached hydrogen (secondary N) is 3. The third-order valence-corrected chi connectivity index (χ3v) is 2.98. The van der Waals surface area contributed by atoms with E-state index in [1.807, 2.05) is 0 Å². The fraction of sp³-hybridized carbons (Fsp3) is 0.375. The first kappa shape index (κ1) is 21.9. The number of hydrogen-bond acceptors (Lipinski definition) is 6. The minimum Gasteiger partial charge on any atom is -0.491 e. The topological polar surface area (TPSA) is 137 Å². The van der Waals surface area contributed by atoms with Gasteiger partial charge < -0.3 is 25.4 Å². The number of amides is 2. The molecular formula is C16H19BN6O4. The molecule has 1 unspecified atom stereocenters. The molecule has 0 aliphatic heterocycles. The molecule has 0 heterocycles. The monoisotopic (exact) mass is 370 g/mol. The third kappa shape index (κ3) is 9.18. The van der Waals surface area contributed by atoms with E-state index in [1.165, 1.54) is 6.07 Å². The Labute approximate surface area is 158 Å². The number of azide groups is 1. The molecule has 10 nitrogen and oxygen atoms in total. The molecule has 1 atom stereocenters. The molecule has 0 saturated heterocycles. The van der Waals surface area contributed by atoms with Crippen LogP contribution in [0.4, 0.5) is 0 Å². The van der Waals surface area contributed by atoms with Crippen molar-refractivity contribution in [1.29, 1.82) is 0 Å². The highest BCUT2D eigenvalue weighted by Crippen LogP contribution is 2.14. The van der Waals surface area contributed by atoms with Crippen molar-refractivity contribution in [3.05, 3.63) is 40.3 Å². The van der Waals surface area contributed by atoms with Crippen LogP contribution >= 0.6 is 0 Å². The number of carbonyl (C=O) groups excluding carboxylic acids is 2. The van der Waals surface area contributed by atoms with Crippen LogP contribution in [-0.2, 0) is 9.53 Å². The minimum absolute atomic E-state index is 0.0871. The summed E-state index contributed by atoms with van der Waals surface area (Å²) in [6.07, 6.45) is -1.02. The smallest absolute Gasteiger partial charge is 0.252 e. The van der Waals surface area contributed by atoms with E-state index in [-0.39, 0.29) is 25.7 Å². The SMILES string of the molecule is [B]C#CCNC(=O)COC(COc1cccc(C(=O)NCNC)c1)N=[N+]=[N-]. The summed E-state index contributed by atoms with van der Waals surface area (Å²) < 4.78 is 10.7. The van der Waals surface area contributed by atoms with Gasteiger partial charge in [-0.1, -0.05) is 17.1 Å². The second kappa shape index (κ2) is 13.1. The standard InChI is InChI=1S/C16H19BN6O4/c1-19-11-21-16(25)12-4-2-5-13(8-12)26-10-15(22-23-18)27-9-14(24)20-7-3-6-17/h2,4-5,8,15,19H,7,9-11H2,1H3,(H,20,24)(H,21,25). The van der Waals surface area contributed by atoms with Gasteiger partial charge in [-0.25, -0.2) is 0 Å². The highest BCUT2D eigenvalue weighted by Gasteiger charge is 2.12. The van der Waals surface area contributed by atoms with Gasteiger partial charge >= 0.3 is 0 Å². The van der Waals surface area contributed by atoms with E-state index in [9.17, 15) is 9.59 Å². The normalized spacial score (nSPS) is 10.6. The summed E-state index contributed by atoms with van der Waals surface area (Å²) in [5.74, 6) is 4.28. The van der Waals surface area contributed by atoms with Gasteiger partial charge in [0.2, 0.25) is 5.91 Å². The highest BCUT2D eigenvalue weighted by molar-refractivity contribution is 6.22. The number of rotatable bonds is 11. The van der Waals surface area contributed by atoms with Crippen molar-refractivity contribution >= 4 is 19.7 Å². The number of carbonyl (C=O) groups is 2. The molecule has 11 heteroatoms. The van der Waals surface area contributed by atoms with Gasteiger partial charge in [0.25, 0.3) is 5.91 Å². The van der Waals surface area contributed by atoms with Gasteiger partial charge in [0.05, 0.1) is 13.2 Å². The zero-order valence-corrected chi connectivity index (χ0v) is 14.8. The molecule has 0 spiro atoms. The number of ether oxygens (including phenoxy) is 2. The molecule has 2 amide bonds. The predicted molar refractivity (Wildman–Crippen MR) is 98.8 cm³/mol. The van der Waals surface area contributed by atoms with Gasteiger partial charge in [0.15, 0.2) is 14.1 Å². The molecule has 0 aromatic heterocycles. The van der Waals surface area contributed by atoms with E-state index in [1.54, 1.807) is 25.2 Å². The largest absolute Gasteiger partial charge is 0.491 e. The molecule has 2 radical (unpaired) electrons. The van der Waals surface area contributed by atoms with Crippen LogP contribution in [-0.4, -0.2) is 59.4 Å². The minimum atomic E-state index is -1.02. The van der Waals surface area contributed by atoms with Gasteiger partial charge in [0, 0.05) is 10.5 Å². The summed E-state index contributed by atoms with van der Waals surface area (Å²) in [5, 5.41) is 11.3. The molecule has 1 aromatic carbocycles. The van der Waals surface area contributed by atoms with Crippen molar-refractivity contribution in [2.45, 2.75) is 6.23 Å². The van der Waals surface area contributed by atoms with E-state index < -0.39 is 12.1 Å². The summed E-state index contributed by atoms with van der Waals surface area (Å²) >= 11 is 0. The predicted octanol–water partition coefficient (Wildman–Crippen LogP) is -0.129. The maximum Gasteiger partial charge on any atom is 0.252 e.